The minimum atomic E-state index is -1.04. The third-order valence-corrected chi connectivity index (χ3v) is 7.60. The molecule has 248 valence electrons. The molecule has 0 spiro atoms. The number of carbonyl (C=O) groups is 5. The third-order valence-electron chi connectivity index (χ3n) is 7.60. The maximum absolute atomic E-state index is 13.4. The van der Waals surface area contributed by atoms with Crippen molar-refractivity contribution in [3.63, 3.8) is 0 Å². The van der Waals surface area contributed by atoms with Gasteiger partial charge in [0.25, 0.3) is 17.7 Å². The number of rotatable bonds is 11. The number of methoxy groups -OCH3 is 2. The Balaban J connectivity index is 1.59. The van der Waals surface area contributed by atoms with Crippen molar-refractivity contribution < 1.29 is 38.2 Å². The van der Waals surface area contributed by atoms with Crippen molar-refractivity contribution in [2.75, 3.05) is 26.1 Å². The minimum Gasteiger partial charge on any atom is -0.467 e. The van der Waals surface area contributed by atoms with E-state index >= 15 is 0 Å². The molecule has 4 rings (SSSR count). The van der Waals surface area contributed by atoms with Crippen LogP contribution in [-0.4, -0.2) is 73.2 Å². The van der Waals surface area contributed by atoms with Gasteiger partial charge in [0, 0.05) is 34.6 Å². The van der Waals surface area contributed by atoms with Gasteiger partial charge in [0.2, 0.25) is 0 Å². The van der Waals surface area contributed by atoms with Gasteiger partial charge in [-0.1, -0.05) is 30.3 Å². The van der Waals surface area contributed by atoms with Gasteiger partial charge in [-0.3, -0.25) is 14.4 Å². The lowest BCUT2D eigenvalue weighted by Crippen LogP contribution is -2.46. The summed E-state index contributed by atoms with van der Waals surface area (Å²) in [6.07, 6.45) is 1.84. The van der Waals surface area contributed by atoms with Crippen molar-refractivity contribution in [3.8, 4) is 0 Å². The van der Waals surface area contributed by atoms with Gasteiger partial charge < -0.3 is 35.1 Å². The van der Waals surface area contributed by atoms with Crippen LogP contribution >= 0.6 is 0 Å². The first-order valence-electron chi connectivity index (χ1n) is 15.0. The van der Waals surface area contributed by atoms with E-state index in [0.29, 0.717) is 33.8 Å². The molecular formula is C35H40N4O8. The second-order valence-corrected chi connectivity index (χ2v) is 12.1. The predicted octanol–water partition coefficient (Wildman–Crippen LogP) is 3.72. The molecule has 12 nitrogen and oxygen atoms in total. The van der Waals surface area contributed by atoms with Crippen molar-refractivity contribution in [1.29, 1.82) is 0 Å². The van der Waals surface area contributed by atoms with Gasteiger partial charge in [-0.15, -0.1) is 0 Å². The zero-order valence-electron chi connectivity index (χ0n) is 27.5. The molecule has 3 aromatic rings. The Morgan fingerprint density at radius 1 is 0.894 bits per heavy atom. The molecular weight excluding hydrogens is 604 g/mol. The zero-order valence-corrected chi connectivity index (χ0v) is 27.5. The summed E-state index contributed by atoms with van der Waals surface area (Å²) in [6, 6.07) is 12.0. The molecule has 1 aliphatic rings. The number of fused-ring (bicyclic) bond motifs is 1. The molecule has 3 amide bonds. The normalized spacial score (nSPS) is 14.5. The number of anilines is 1. The van der Waals surface area contributed by atoms with E-state index in [0.717, 1.165) is 5.56 Å². The number of carbonyl (C=O) groups excluding carboxylic acids is 5. The third kappa shape index (κ3) is 8.33. The van der Waals surface area contributed by atoms with E-state index in [9.17, 15) is 24.0 Å². The smallest absolute Gasteiger partial charge is 0.330 e. The largest absolute Gasteiger partial charge is 0.467 e. The van der Waals surface area contributed by atoms with Gasteiger partial charge >= 0.3 is 11.9 Å². The predicted molar refractivity (Wildman–Crippen MR) is 176 cm³/mol. The molecule has 47 heavy (non-hydrogen) atoms. The highest BCUT2D eigenvalue weighted by Crippen LogP contribution is 2.35. The molecule has 0 radical (unpaired) electrons. The Morgan fingerprint density at radius 2 is 1.53 bits per heavy atom. The summed E-state index contributed by atoms with van der Waals surface area (Å²) in [5, 5.41) is 8.24. The van der Waals surface area contributed by atoms with Gasteiger partial charge in [-0.25, -0.2) is 9.59 Å². The minimum absolute atomic E-state index is 0.0825. The molecule has 0 saturated heterocycles. The molecule has 0 aliphatic carbocycles. The zero-order chi connectivity index (χ0) is 34.5. The van der Waals surface area contributed by atoms with E-state index in [1.165, 1.54) is 14.2 Å². The Morgan fingerprint density at radius 3 is 2.17 bits per heavy atom. The Bertz CT molecular complexity index is 1720. The van der Waals surface area contributed by atoms with Crippen LogP contribution in [0.2, 0.25) is 0 Å². The number of hydrogen-bond acceptors (Lipinski definition) is 8. The number of amides is 3. The van der Waals surface area contributed by atoms with E-state index in [2.05, 4.69) is 20.9 Å². The van der Waals surface area contributed by atoms with Crippen molar-refractivity contribution >= 4 is 47.0 Å². The van der Waals surface area contributed by atoms with Crippen LogP contribution in [0.3, 0.4) is 0 Å². The first-order chi connectivity index (χ1) is 22.2. The monoisotopic (exact) mass is 644 g/mol. The number of esters is 2. The lowest BCUT2D eigenvalue weighted by molar-refractivity contribution is -0.146. The van der Waals surface area contributed by atoms with Gasteiger partial charge in [0.1, 0.15) is 6.04 Å². The average Bonchev–Trinajstić information content (AvgIpc) is 3.50. The fourth-order valence-electron chi connectivity index (χ4n) is 5.18. The molecule has 1 aliphatic heterocycles. The van der Waals surface area contributed by atoms with Gasteiger partial charge in [0.05, 0.1) is 37.6 Å². The summed E-state index contributed by atoms with van der Waals surface area (Å²) in [5.41, 5.74) is 3.66. The van der Waals surface area contributed by atoms with Crippen LogP contribution in [0.25, 0.3) is 11.6 Å². The average molecular weight is 645 g/mol. The number of benzene rings is 2. The lowest BCUT2D eigenvalue weighted by Gasteiger charge is -2.24. The first kappa shape index (κ1) is 34.6. The lowest BCUT2D eigenvalue weighted by atomic mass is 10.0. The molecule has 4 N–H and O–H groups in total. The quantitative estimate of drug-likeness (QED) is 0.181. The number of H-pyrrole nitrogens is 1. The SMILES string of the molecule is COC(=O)[C@H](Cc1ccccc1)NC(=O)c1ccc2c(c1)C(=Cc1[nH]c(C)c(C(=O)N[C@@H](COC(C)(C)C)C(=O)OC)c1C)C(=O)N2. The van der Waals surface area contributed by atoms with Crippen LogP contribution in [0.5, 0.6) is 0 Å². The molecule has 2 heterocycles. The second-order valence-electron chi connectivity index (χ2n) is 12.1. The molecule has 2 aromatic carbocycles. The van der Waals surface area contributed by atoms with Crippen LogP contribution in [-0.2, 0) is 35.0 Å². The summed E-state index contributed by atoms with van der Waals surface area (Å²) in [5.74, 6) is -2.65. The first-order valence-corrected chi connectivity index (χ1v) is 15.0. The summed E-state index contributed by atoms with van der Waals surface area (Å²) < 4.78 is 15.5. The number of aromatic nitrogens is 1. The molecule has 0 unspecified atom stereocenters. The molecule has 0 saturated carbocycles. The van der Waals surface area contributed by atoms with E-state index < -0.39 is 47.3 Å². The second kappa shape index (κ2) is 14.5. The van der Waals surface area contributed by atoms with Gasteiger partial charge in [-0.2, -0.15) is 0 Å². The van der Waals surface area contributed by atoms with Gasteiger partial charge in [0.15, 0.2) is 6.04 Å². The summed E-state index contributed by atoms with van der Waals surface area (Å²) in [6.45, 7) is 8.85. The molecule has 0 bridgehead atoms. The standard InChI is InChI=1S/C35H40N4O8/c1-19-26(36-20(2)29(19)32(42)39-28(34(44)46-7)18-47-35(3,4)5)17-24-23-16-22(13-14-25(23)37-31(24)41)30(40)38-27(33(43)45-6)15-21-11-9-8-10-12-21/h8-14,16-17,27-28,36H,15,18H2,1-7H3,(H,37,41)(H,38,40)(H,39,42)/t27-,28-/m0/s1. The molecule has 12 heteroatoms. The van der Waals surface area contributed by atoms with Crippen molar-refractivity contribution in [2.45, 2.75) is 58.7 Å². The van der Waals surface area contributed by atoms with Crippen molar-refractivity contribution in [1.82, 2.24) is 15.6 Å². The number of aryl methyl sites for hydroxylation is 1. The summed E-state index contributed by atoms with van der Waals surface area (Å²) >= 11 is 0. The van der Waals surface area contributed by atoms with E-state index in [1.54, 1.807) is 38.1 Å². The summed E-state index contributed by atoms with van der Waals surface area (Å²) in [4.78, 5) is 67.8. The number of aromatic amines is 1. The molecule has 2 atom stereocenters. The van der Waals surface area contributed by atoms with E-state index in [-0.39, 0.29) is 24.2 Å². The molecule has 1 aromatic heterocycles. The van der Waals surface area contributed by atoms with Crippen LogP contribution in [0.1, 0.15) is 69.6 Å². The maximum atomic E-state index is 13.4. The Kier molecular flexibility index (Phi) is 10.7. The van der Waals surface area contributed by atoms with Crippen LogP contribution in [0.4, 0.5) is 5.69 Å². The fourth-order valence-corrected chi connectivity index (χ4v) is 5.18. The fraction of sp³-hybridized carbons (Fsp3) is 0.343. The highest BCUT2D eigenvalue weighted by atomic mass is 16.5. The van der Waals surface area contributed by atoms with Crippen molar-refractivity contribution in [2.24, 2.45) is 0 Å². The Hall–Kier alpha value is -5.23. The van der Waals surface area contributed by atoms with Crippen molar-refractivity contribution in [3.05, 3.63) is 87.7 Å². The Labute approximate surface area is 273 Å². The number of ether oxygens (including phenoxy) is 3. The van der Waals surface area contributed by atoms with Crippen LogP contribution < -0.4 is 16.0 Å². The maximum Gasteiger partial charge on any atom is 0.330 e. The van der Waals surface area contributed by atoms with Crippen LogP contribution in [0, 0.1) is 13.8 Å². The number of hydrogen-bond donors (Lipinski definition) is 4. The highest BCUT2D eigenvalue weighted by molar-refractivity contribution is 6.35. The molecule has 0 fully saturated rings. The highest BCUT2D eigenvalue weighted by Gasteiger charge is 2.30. The van der Waals surface area contributed by atoms with E-state index in [1.807, 2.05) is 51.1 Å². The van der Waals surface area contributed by atoms with Crippen LogP contribution in [0.15, 0.2) is 48.5 Å². The van der Waals surface area contributed by atoms with E-state index in [4.69, 9.17) is 14.2 Å². The topological polar surface area (TPSA) is 165 Å². The summed E-state index contributed by atoms with van der Waals surface area (Å²) in [7, 11) is 2.49. The number of nitrogens with one attached hydrogen (secondary N) is 4. The van der Waals surface area contributed by atoms with Gasteiger partial charge in [-0.05, 0) is 70.0 Å².